The fourth-order valence-corrected chi connectivity index (χ4v) is 2.16. The van der Waals surface area contributed by atoms with Gasteiger partial charge >= 0.3 is 5.97 Å². The van der Waals surface area contributed by atoms with E-state index in [-0.39, 0.29) is 11.4 Å². The first-order chi connectivity index (χ1) is 6.75. The molecule has 82 valence electrons. The second-order valence-electron chi connectivity index (χ2n) is 4.31. The van der Waals surface area contributed by atoms with E-state index in [1.807, 2.05) is 6.92 Å². The number of ether oxygens (including phenoxy) is 1. The summed E-state index contributed by atoms with van der Waals surface area (Å²) in [6, 6.07) is 0. The van der Waals surface area contributed by atoms with Crippen LogP contribution in [0, 0.1) is 5.41 Å². The first-order valence-corrected chi connectivity index (χ1v) is 5.92. The van der Waals surface area contributed by atoms with Crippen LogP contribution >= 0.6 is 0 Å². The van der Waals surface area contributed by atoms with Crippen LogP contribution in [-0.4, -0.2) is 12.6 Å². The van der Waals surface area contributed by atoms with E-state index in [1.54, 1.807) is 0 Å². The number of hydrogen-bond donors (Lipinski definition) is 0. The van der Waals surface area contributed by atoms with Crippen molar-refractivity contribution in [3.8, 4) is 0 Å². The molecule has 1 saturated carbocycles. The summed E-state index contributed by atoms with van der Waals surface area (Å²) in [5, 5.41) is 0. The van der Waals surface area contributed by atoms with Crippen LogP contribution in [0.15, 0.2) is 0 Å². The van der Waals surface area contributed by atoms with Crippen molar-refractivity contribution in [2.45, 2.75) is 58.8 Å². The Hall–Kier alpha value is -0.530. The second kappa shape index (κ2) is 5.38. The molecule has 0 heterocycles. The van der Waals surface area contributed by atoms with Crippen molar-refractivity contribution in [2.75, 3.05) is 6.61 Å². The fraction of sp³-hybridized carbons (Fsp3) is 0.917. The normalized spacial score (nSPS) is 18.7. The molecule has 2 heteroatoms. The second-order valence-corrected chi connectivity index (χ2v) is 4.31. The Morgan fingerprint density at radius 1 is 1.29 bits per heavy atom. The summed E-state index contributed by atoms with van der Waals surface area (Å²) in [5.41, 5.74) is -0.0782. The van der Waals surface area contributed by atoms with Crippen LogP contribution in [0.25, 0.3) is 0 Å². The molecule has 1 aliphatic carbocycles. The largest absolute Gasteiger partial charge is 0.466 e. The Balaban J connectivity index is 2.36. The summed E-state index contributed by atoms with van der Waals surface area (Å²) < 4.78 is 5.14. The third-order valence-electron chi connectivity index (χ3n) is 3.28. The summed E-state index contributed by atoms with van der Waals surface area (Å²) in [7, 11) is 0. The van der Waals surface area contributed by atoms with Crippen molar-refractivity contribution in [2.24, 2.45) is 5.41 Å². The van der Waals surface area contributed by atoms with Gasteiger partial charge in [0.25, 0.3) is 0 Å². The lowest BCUT2D eigenvalue weighted by atomic mass is 9.66. The molecule has 0 N–H and O–H groups in total. The minimum absolute atomic E-state index is 0.0577. The Morgan fingerprint density at radius 3 is 2.43 bits per heavy atom. The molecule has 1 rings (SSSR count). The molecule has 0 saturated heterocycles. The molecule has 0 aliphatic heterocycles. The summed E-state index contributed by atoms with van der Waals surface area (Å²) in [6.45, 7) is 4.60. The molecule has 0 aromatic carbocycles. The summed E-state index contributed by atoms with van der Waals surface area (Å²) >= 11 is 0. The minimum atomic E-state index is -0.0782. The van der Waals surface area contributed by atoms with Gasteiger partial charge < -0.3 is 4.74 Å². The molecule has 14 heavy (non-hydrogen) atoms. The summed E-state index contributed by atoms with van der Waals surface area (Å²) in [6.07, 6.45) is 7.98. The van der Waals surface area contributed by atoms with Crippen LogP contribution in [0.3, 0.4) is 0 Å². The molecule has 0 spiro atoms. The summed E-state index contributed by atoms with van der Waals surface area (Å²) in [5.74, 6) is 0.0577. The Morgan fingerprint density at radius 2 is 2.00 bits per heavy atom. The maximum absolute atomic E-state index is 11.7. The first kappa shape index (κ1) is 11.5. The molecule has 1 fully saturated rings. The number of hydrogen-bond acceptors (Lipinski definition) is 2. The standard InChI is InChI=1S/C12H22O2/c1-3-5-6-8-12(9-7-10-12)11(13)14-4-2/h3-10H2,1-2H3. The van der Waals surface area contributed by atoms with Crippen molar-refractivity contribution >= 4 is 5.97 Å². The number of rotatable bonds is 6. The van der Waals surface area contributed by atoms with Gasteiger partial charge in [-0.25, -0.2) is 0 Å². The maximum atomic E-state index is 11.7. The zero-order chi connectivity index (χ0) is 10.4. The van der Waals surface area contributed by atoms with E-state index < -0.39 is 0 Å². The van der Waals surface area contributed by atoms with Crippen LogP contribution in [0.5, 0.6) is 0 Å². The first-order valence-electron chi connectivity index (χ1n) is 5.92. The van der Waals surface area contributed by atoms with Crippen molar-refractivity contribution in [3.05, 3.63) is 0 Å². The van der Waals surface area contributed by atoms with E-state index in [2.05, 4.69) is 6.92 Å². The average molecular weight is 198 g/mol. The lowest BCUT2D eigenvalue weighted by Crippen LogP contribution is -2.39. The smallest absolute Gasteiger partial charge is 0.312 e. The van der Waals surface area contributed by atoms with Crippen LogP contribution in [-0.2, 0) is 9.53 Å². The highest BCUT2D eigenvalue weighted by Crippen LogP contribution is 2.46. The van der Waals surface area contributed by atoms with Gasteiger partial charge in [0.1, 0.15) is 0 Å². The molecule has 0 radical (unpaired) electrons. The van der Waals surface area contributed by atoms with Crippen molar-refractivity contribution in [1.29, 1.82) is 0 Å². The SMILES string of the molecule is CCCCCC1(C(=O)OCC)CCC1. The molecular weight excluding hydrogens is 176 g/mol. The van der Waals surface area contributed by atoms with E-state index in [9.17, 15) is 4.79 Å². The molecule has 0 aromatic rings. The molecular formula is C12H22O2. The molecule has 1 aliphatic rings. The highest BCUT2D eigenvalue weighted by atomic mass is 16.5. The number of carbonyl (C=O) groups excluding carboxylic acids is 1. The molecule has 0 atom stereocenters. The van der Waals surface area contributed by atoms with Gasteiger partial charge in [0, 0.05) is 0 Å². The molecule has 0 amide bonds. The van der Waals surface area contributed by atoms with Crippen molar-refractivity contribution in [3.63, 3.8) is 0 Å². The van der Waals surface area contributed by atoms with Crippen LogP contribution in [0.2, 0.25) is 0 Å². The van der Waals surface area contributed by atoms with E-state index in [0.717, 1.165) is 19.3 Å². The van der Waals surface area contributed by atoms with Crippen LogP contribution in [0.4, 0.5) is 0 Å². The Bertz CT molecular complexity index is 183. The predicted octanol–water partition coefficient (Wildman–Crippen LogP) is 3.30. The molecule has 0 aromatic heterocycles. The van der Waals surface area contributed by atoms with Gasteiger partial charge in [0.2, 0.25) is 0 Å². The van der Waals surface area contributed by atoms with Gasteiger partial charge in [0.05, 0.1) is 12.0 Å². The fourth-order valence-electron chi connectivity index (χ4n) is 2.16. The monoisotopic (exact) mass is 198 g/mol. The number of esters is 1. The van der Waals surface area contributed by atoms with Gasteiger partial charge in [-0.15, -0.1) is 0 Å². The van der Waals surface area contributed by atoms with Crippen LogP contribution in [0.1, 0.15) is 58.8 Å². The molecule has 0 bridgehead atoms. The predicted molar refractivity (Wildman–Crippen MR) is 57.1 cm³/mol. The van der Waals surface area contributed by atoms with Gasteiger partial charge in [-0.1, -0.05) is 32.6 Å². The highest BCUT2D eigenvalue weighted by Gasteiger charge is 2.44. The highest BCUT2D eigenvalue weighted by molar-refractivity contribution is 5.77. The topological polar surface area (TPSA) is 26.3 Å². The van der Waals surface area contributed by atoms with E-state index in [1.165, 1.54) is 25.7 Å². The maximum Gasteiger partial charge on any atom is 0.312 e. The lowest BCUT2D eigenvalue weighted by molar-refractivity contribution is -0.161. The molecule has 0 unspecified atom stereocenters. The lowest BCUT2D eigenvalue weighted by Gasteiger charge is -2.39. The van der Waals surface area contributed by atoms with Gasteiger partial charge in [0.15, 0.2) is 0 Å². The minimum Gasteiger partial charge on any atom is -0.466 e. The third-order valence-corrected chi connectivity index (χ3v) is 3.28. The zero-order valence-electron chi connectivity index (χ0n) is 9.47. The number of unbranched alkanes of at least 4 members (excludes halogenated alkanes) is 2. The molecule has 2 nitrogen and oxygen atoms in total. The van der Waals surface area contributed by atoms with Gasteiger partial charge in [-0.3, -0.25) is 4.79 Å². The van der Waals surface area contributed by atoms with Crippen molar-refractivity contribution in [1.82, 2.24) is 0 Å². The van der Waals surface area contributed by atoms with E-state index in [4.69, 9.17) is 4.74 Å². The number of carbonyl (C=O) groups is 1. The van der Waals surface area contributed by atoms with E-state index >= 15 is 0 Å². The third kappa shape index (κ3) is 2.49. The average Bonchev–Trinajstić information content (AvgIpc) is 2.10. The van der Waals surface area contributed by atoms with Gasteiger partial charge in [-0.05, 0) is 26.2 Å². The Labute approximate surface area is 87.0 Å². The van der Waals surface area contributed by atoms with Gasteiger partial charge in [-0.2, -0.15) is 0 Å². The quantitative estimate of drug-likeness (QED) is 0.483. The summed E-state index contributed by atoms with van der Waals surface area (Å²) in [4.78, 5) is 11.7. The van der Waals surface area contributed by atoms with Crippen LogP contribution < -0.4 is 0 Å². The van der Waals surface area contributed by atoms with E-state index in [0.29, 0.717) is 6.61 Å². The Kier molecular flexibility index (Phi) is 4.43. The zero-order valence-corrected chi connectivity index (χ0v) is 9.47. The van der Waals surface area contributed by atoms with Crippen molar-refractivity contribution < 1.29 is 9.53 Å².